The van der Waals surface area contributed by atoms with Crippen molar-refractivity contribution in [2.24, 2.45) is 0 Å². The van der Waals surface area contributed by atoms with Crippen molar-refractivity contribution in [1.82, 2.24) is 0 Å². The minimum absolute atomic E-state index is 0.0406. The predicted molar refractivity (Wildman–Crippen MR) is 174 cm³/mol. The highest BCUT2D eigenvalue weighted by Gasteiger charge is 2.34. The maximum atomic E-state index is 7.26. The first-order valence-corrected chi connectivity index (χ1v) is 15.9. The third-order valence-corrected chi connectivity index (χ3v) is 9.91. The number of para-hydroxylation sites is 1. The number of hydrogen-bond donors (Lipinski definition) is 0. The van der Waals surface area contributed by atoms with Gasteiger partial charge in [-0.2, -0.15) is 0 Å². The third kappa shape index (κ3) is 7.20. The van der Waals surface area contributed by atoms with Gasteiger partial charge in [0.15, 0.2) is 0 Å². The van der Waals surface area contributed by atoms with Gasteiger partial charge in [-0.25, -0.2) is 0 Å². The van der Waals surface area contributed by atoms with Gasteiger partial charge in [-0.3, -0.25) is 0 Å². The maximum Gasteiger partial charge on any atom is 0.248 e. The summed E-state index contributed by atoms with van der Waals surface area (Å²) in [5.74, 6) is 3.87. The molecule has 0 aliphatic heterocycles. The molecule has 0 amide bonds. The fourth-order valence-corrected chi connectivity index (χ4v) is 7.31. The van der Waals surface area contributed by atoms with E-state index in [0.717, 1.165) is 16.8 Å². The maximum absolute atomic E-state index is 7.26. The molecule has 0 spiro atoms. The SMILES string of the molecule is CC=P(Oc1ccccc1)(Oc1ccc(C(C)(C)C)cc1C(C)(C)C)c1ccc(C(C)(C)C)cc1C(C)(C)C. The summed E-state index contributed by atoms with van der Waals surface area (Å²) in [6.07, 6.45) is 0. The van der Waals surface area contributed by atoms with Gasteiger partial charge in [-0.1, -0.05) is 126 Å². The van der Waals surface area contributed by atoms with Crippen LogP contribution in [0.2, 0.25) is 0 Å². The van der Waals surface area contributed by atoms with Crippen LogP contribution in [0.1, 0.15) is 112 Å². The normalized spacial score (nSPS) is 14.5. The minimum Gasteiger partial charge on any atom is -0.440 e. The summed E-state index contributed by atoms with van der Waals surface area (Å²) in [6.45, 7) is 29.3. The van der Waals surface area contributed by atoms with E-state index in [-0.39, 0.29) is 21.7 Å². The average molecular weight is 547 g/mol. The van der Waals surface area contributed by atoms with E-state index in [1.807, 2.05) is 30.3 Å². The van der Waals surface area contributed by atoms with Crippen LogP contribution in [0.25, 0.3) is 0 Å². The molecule has 2 nitrogen and oxygen atoms in total. The summed E-state index contributed by atoms with van der Waals surface area (Å²) in [5.41, 5.74) is 4.96. The summed E-state index contributed by atoms with van der Waals surface area (Å²) < 4.78 is 14.3. The van der Waals surface area contributed by atoms with E-state index in [9.17, 15) is 0 Å². The Labute approximate surface area is 239 Å². The van der Waals surface area contributed by atoms with Gasteiger partial charge in [0.25, 0.3) is 0 Å². The van der Waals surface area contributed by atoms with E-state index in [2.05, 4.69) is 132 Å². The Bertz CT molecular complexity index is 1340. The first-order chi connectivity index (χ1) is 17.8. The molecule has 0 aromatic heterocycles. The molecule has 3 aromatic carbocycles. The molecule has 39 heavy (non-hydrogen) atoms. The lowest BCUT2D eigenvalue weighted by Gasteiger charge is -2.36. The molecule has 0 heterocycles. The molecule has 1 atom stereocenters. The van der Waals surface area contributed by atoms with Gasteiger partial charge in [0.2, 0.25) is 7.34 Å². The van der Waals surface area contributed by atoms with Crippen molar-refractivity contribution >= 4 is 18.4 Å². The van der Waals surface area contributed by atoms with Crippen LogP contribution >= 0.6 is 7.34 Å². The largest absolute Gasteiger partial charge is 0.440 e. The van der Waals surface area contributed by atoms with Crippen molar-refractivity contribution in [3.05, 3.63) is 89.0 Å². The number of benzene rings is 3. The summed E-state index contributed by atoms with van der Waals surface area (Å²) in [4.78, 5) is 0. The van der Waals surface area contributed by atoms with Gasteiger partial charge < -0.3 is 9.05 Å². The number of rotatable bonds is 5. The lowest BCUT2D eigenvalue weighted by atomic mass is 9.80. The summed E-state index contributed by atoms with van der Waals surface area (Å²) in [6, 6.07) is 23.7. The van der Waals surface area contributed by atoms with E-state index in [1.54, 1.807) is 0 Å². The fourth-order valence-electron chi connectivity index (χ4n) is 4.68. The second-order valence-corrected chi connectivity index (χ2v) is 17.4. The topological polar surface area (TPSA) is 18.5 Å². The molecular formula is C36H51O2P. The Balaban J connectivity index is 2.36. The van der Waals surface area contributed by atoms with Crippen LogP contribution in [-0.4, -0.2) is 5.80 Å². The molecule has 3 aromatic rings. The lowest BCUT2D eigenvalue weighted by molar-refractivity contribution is 0.473. The molecule has 212 valence electrons. The number of hydrogen-bond acceptors (Lipinski definition) is 2. The second kappa shape index (κ2) is 10.9. The Hall–Kier alpha value is -2.44. The van der Waals surface area contributed by atoms with Crippen LogP contribution in [0.4, 0.5) is 0 Å². The van der Waals surface area contributed by atoms with Crippen molar-refractivity contribution < 1.29 is 9.05 Å². The smallest absolute Gasteiger partial charge is 0.248 e. The molecule has 0 saturated heterocycles. The minimum atomic E-state index is -2.76. The van der Waals surface area contributed by atoms with Crippen LogP contribution in [-0.2, 0) is 21.7 Å². The van der Waals surface area contributed by atoms with Crippen LogP contribution in [0.3, 0.4) is 0 Å². The first-order valence-electron chi connectivity index (χ1n) is 14.2. The van der Waals surface area contributed by atoms with E-state index in [1.165, 1.54) is 22.3 Å². The second-order valence-electron chi connectivity index (χ2n) is 14.8. The van der Waals surface area contributed by atoms with Crippen molar-refractivity contribution in [3.63, 3.8) is 0 Å². The molecule has 0 saturated carbocycles. The molecular weight excluding hydrogens is 495 g/mol. The van der Waals surface area contributed by atoms with Gasteiger partial charge in [-0.05, 0) is 75.3 Å². The molecule has 3 rings (SSSR count). The van der Waals surface area contributed by atoms with Gasteiger partial charge in [0, 0.05) is 5.56 Å². The van der Waals surface area contributed by atoms with Crippen LogP contribution in [0.15, 0.2) is 66.7 Å². The zero-order chi connectivity index (χ0) is 29.4. The highest BCUT2D eigenvalue weighted by Crippen LogP contribution is 2.53. The highest BCUT2D eigenvalue weighted by atomic mass is 31.2. The van der Waals surface area contributed by atoms with E-state index in [4.69, 9.17) is 9.05 Å². The molecule has 1 unspecified atom stereocenters. The zero-order valence-corrected chi connectivity index (χ0v) is 27.6. The van der Waals surface area contributed by atoms with Gasteiger partial charge in [0.05, 0.1) is 5.30 Å². The van der Waals surface area contributed by atoms with Crippen LogP contribution in [0, 0.1) is 0 Å². The van der Waals surface area contributed by atoms with Crippen LogP contribution in [0.5, 0.6) is 11.5 Å². The van der Waals surface area contributed by atoms with Gasteiger partial charge in [-0.15, -0.1) is 0 Å². The van der Waals surface area contributed by atoms with Crippen molar-refractivity contribution in [2.45, 2.75) is 112 Å². The Morgan fingerprint density at radius 3 is 1.49 bits per heavy atom. The Morgan fingerprint density at radius 2 is 1.03 bits per heavy atom. The molecule has 0 bridgehead atoms. The highest BCUT2D eigenvalue weighted by molar-refractivity contribution is 7.74. The molecule has 0 radical (unpaired) electrons. The van der Waals surface area contributed by atoms with Crippen molar-refractivity contribution in [3.8, 4) is 11.5 Å². The van der Waals surface area contributed by atoms with Gasteiger partial charge in [0.1, 0.15) is 11.5 Å². The molecule has 3 heteroatoms. The zero-order valence-electron chi connectivity index (χ0n) is 26.7. The van der Waals surface area contributed by atoms with E-state index in [0.29, 0.717) is 0 Å². The molecule has 0 N–H and O–H groups in total. The summed E-state index contributed by atoms with van der Waals surface area (Å²) in [5, 5.41) is 1.13. The van der Waals surface area contributed by atoms with Crippen LogP contribution < -0.4 is 14.4 Å². The first kappa shape index (κ1) is 31.1. The Kier molecular flexibility index (Phi) is 8.65. The predicted octanol–water partition coefficient (Wildman–Crippen LogP) is 10.3. The van der Waals surface area contributed by atoms with E-state index >= 15 is 0 Å². The lowest BCUT2D eigenvalue weighted by Crippen LogP contribution is -2.29. The van der Waals surface area contributed by atoms with Gasteiger partial charge >= 0.3 is 0 Å². The molecule has 0 fully saturated rings. The summed E-state index contributed by atoms with van der Waals surface area (Å²) >= 11 is 0. The fraction of sp³-hybridized carbons (Fsp3) is 0.472. The molecule has 0 aliphatic carbocycles. The third-order valence-electron chi connectivity index (χ3n) is 7.22. The average Bonchev–Trinajstić information content (AvgIpc) is 2.81. The van der Waals surface area contributed by atoms with E-state index < -0.39 is 7.34 Å². The Morgan fingerprint density at radius 1 is 0.538 bits per heavy atom. The molecule has 0 aliphatic rings. The standard InChI is InChI=1S/C36H51O2P/c1-14-39(37-28-18-16-15-17-19-28,32-23-21-27(34(5,6)7)25-30(32)36(11,12)13)38-31-22-20-26(33(2,3)4)24-29(31)35(8,9)10/h14-25H,1-13H3. The quantitative estimate of drug-likeness (QED) is 0.296. The summed E-state index contributed by atoms with van der Waals surface area (Å²) in [7, 11) is -2.76. The van der Waals surface area contributed by atoms with Crippen molar-refractivity contribution in [2.75, 3.05) is 0 Å². The van der Waals surface area contributed by atoms with Crippen molar-refractivity contribution in [1.29, 1.82) is 0 Å². The monoisotopic (exact) mass is 546 g/mol.